The minimum absolute atomic E-state index is 0.139. The van der Waals surface area contributed by atoms with E-state index in [9.17, 15) is 9.59 Å². The highest BCUT2D eigenvalue weighted by molar-refractivity contribution is 7.96. The highest BCUT2D eigenvalue weighted by Gasteiger charge is 2.40. The van der Waals surface area contributed by atoms with Crippen molar-refractivity contribution in [2.75, 3.05) is 6.54 Å². The Morgan fingerprint density at radius 1 is 1.24 bits per heavy atom. The van der Waals surface area contributed by atoms with Crippen LogP contribution in [0, 0.1) is 0 Å². The lowest BCUT2D eigenvalue weighted by Crippen LogP contribution is -2.42. The van der Waals surface area contributed by atoms with Crippen molar-refractivity contribution in [2.24, 2.45) is 0 Å². The second-order valence-corrected chi connectivity index (χ2v) is 6.77. The first kappa shape index (κ1) is 15.9. The van der Waals surface area contributed by atoms with Crippen molar-refractivity contribution in [1.82, 2.24) is 4.90 Å². The molecule has 1 saturated heterocycles. The van der Waals surface area contributed by atoms with E-state index in [0.29, 0.717) is 13.0 Å². The van der Waals surface area contributed by atoms with Gasteiger partial charge in [0.25, 0.3) is 0 Å². The van der Waals surface area contributed by atoms with E-state index < -0.39 is 17.7 Å². The zero-order valence-electron chi connectivity index (χ0n) is 12.6. The number of nitrogens with zero attached hydrogens (tertiary/aromatic N) is 1. The van der Waals surface area contributed by atoms with E-state index in [0.717, 1.165) is 5.56 Å². The van der Waals surface area contributed by atoms with Crippen molar-refractivity contribution in [3.05, 3.63) is 35.9 Å². The Morgan fingerprint density at radius 2 is 1.86 bits per heavy atom. The number of hydrogen-bond donors (Lipinski definition) is 1. The summed E-state index contributed by atoms with van der Waals surface area (Å²) >= 11 is 3.92. The number of ether oxygens (including phenoxy) is 1. The zero-order valence-corrected chi connectivity index (χ0v) is 13.5. The molecule has 1 aliphatic rings. The second-order valence-electron chi connectivity index (χ2n) is 6.33. The predicted octanol–water partition coefficient (Wildman–Crippen LogP) is 3.24. The minimum Gasteiger partial charge on any atom is -0.444 e. The molecule has 4 nitrogen and oxygen atoms in total. The molecule has 0 saturated carbocycles. The molecule has 0 N–H and O–H groups in total. The van der Waals surface area contributed by atoms with E-state index in [1.165, 1.54) is 4.90 Å². The number of likely N-dealkylation sites (tertiary alicyclic amines) is 1. The molecule has 0 spiro atoms. The van der Waals surface area contributed by atoms with E-state index in [4.69, 9.17) is 4.74 Å². The summed E-state index contributed by atoms with van der Waals surface area (Å²) in [5.41, 5.74) is 0.551. The molecule has 1 aromatic carbocycles. The van der Waals surface area contributed by atoms with Crippen LogP contribution in [-0.2, 0) is 9.53 Å². The van der Waals surface area contributed by atoms with E-state index in [2.05, 4.69) is 12.6 Å². The molecule has 5 heteroatoms. The summed E-state index contributed by atoms with van der Waals surface area (Å²) in [6, 6.07) is 9.39. The average molecular weight is 307 g/mol. The van der Waals surface area contributed by atoms with Gasteiger partial charge in [-0.2, -0.15) is 0 Å². The average Bonchev–Trinajstić information content (AvgIpc) is 2.83. The molecule has 1 amide bonds. The smallest absolute Gasteiger partial charge is 0.410 e. The van der Waals surface area contributed by atoms with Crippen molar-refractivity contribution < 1.29 is 14.3 Å². The molecule has 1 fully saturated rings. The Bertz CT molecular complexity index is 524. The first-order valence-corrected chi connectivity index (χ1v) is 7.50. The summed E-state index contributed by atoms with van der Waals surface area (Å²) in [5.74, 6) is 0.139. The topological polar surface area (TPSA) is 46.6 Å². The molecule has 2 rings (SSSR count). The maximum absolute atomic E-state index is 12.3. The fourth-order valence-electron chi connectivity index (χ4n) is 2.56. The molecular formula is C16H21NO3S. The maximum atomic E-state index is 12.3. The van der Waals surface area contributed by atoms with Crippen LogP contribution in [0.5, 0.6) is 0 Å². The fourth-order valence-corrected chi connectivity index (χ4v) is 2.80. The third-order valence-corrected chi connectivity index (χ3v) is 3.78. The molecule has 2 atom stereocenters. The molecule has 21 heavy (non-hydrogen) atoms. The lowest BCUT2D eigenvalue weighted by atomic mass is 9.97. The predicted molar refractivity (Wildman–Crippen MR) is 84.5 cm³/mol. The van der Waals surface area contributed by atoms with Crippen LogP contribution in [0.3, 0.4) is 0 Å². The summed E-state index contributed by atoms with van der Waals surface area (Å²) < 4.78 is 5.39. The normalized spacial score (nSPS) is 22.2. The van der Waals surface area contributed by atoms with Crippen LogP contribution in [0.2, 0.25) is 0 Å². The van der Waals surface area contributed by atoms with Gasteiger partial charge in [0.15, 0.2) is 0 Å². The second kappa shape index (κ2) is 6.10. The summed E-state index contributed by atoms with van der Waals surface area (Å²) in [5, 5.41) is -0.292. The van der Waals surface area contributed by atoms with Crippen molar-refractivity contribution in [3.63, 3.8) is 0 Å². The van der Waals surface area contributed by atoms with Crippen LogP contribution in [0.4, 0.5) is 4.79 Å². The van der Waals surface area contributed by atoms with Gasteiger partial charge in [0.05, 0.1) is 0 Å². The molecule has 114 valence electrons. The van der Waals surface area contributed by atoms with Gasteiger partial charge >= 0.3 is 6.09 Å². The van der Waals surface area contributed by atoms with Gasteiger partial charge in [-0.15, -0.1) is 12.6 Å². The number of thiol groups is 1. The molecule has 0 unspecified atom stereocenters. The Balaban J connectivity index is 2.16. The van der Waals surface area contributed by atoms with Crippen molar-refractivity contribution in [1.29, 1.82) is 0 Å². The summed E-state index contributed by atoms with van der Waals surface area (Å²) in [4.78, 5) is 25.5. The summed E-state index contributed by atoms with van der Waals surface area (Å²) in [6.45, 7) is 5.92. The summed E-state index contributed by atoms with van der Waals surface area (Å²) in [7, 11) is 0. The van der Waals surface area contributed by atoms with Crippen LogP contribution >= 0.6 is 12.6 Å². The van der Waals surface area contributed by atoms with Crippen LogP contribution in [0.25, 0.3) is 0 Å². The van der Waals surface area contributed by atoms with Crippen molar-refractivity contribution >= 4 is 23.8 Å². The number of rotatable bonds is 2. The third kappa shape index (κ3) is 4.00. The highest BCUT2D eigenvalue weighted by Crippen LogP contribution is 2.33. The van der Waals surface area contributed by atoms with Gasteiger partial charge < -0.3 is 4.74 Å². The molecule has 0 aromatic heterocycles. The largest absolute Gasteiger partial charge is 0.444 e. The van der Waals surface area contributed by atoms with E-state index in [1.807, 2.05) is 51.1 Å². The Hall–Kier alpha value is -1.49. The Kier molecular flexibility index (Phi) is 4.61. The zero-order chi connectivity index (χ0) is 15.6. The van der Waals surface area contributed by atoms with Gasteiger partial charge in [0.2, 0.25) is 5.12 Å². The van der Waals surface area contributed by atoms with E-state index in [1.54, 1.807) is 0 Å². The number of carbonyl (C=O) groups excluding carboxylic acids is 2. The standard InChI is InChI=1S/C16H21NO3S/c1-16(2,3)20-15(19)17-10-12(9-13(17)14(18)21)11-7-5-4-6-8-11/h4-8,12-13H,9-10H2,1-3H3,(H,18,21)/t12-,13+/m1/s1. The molecule has 1 aromatic rings. The lowest BCUT2D eigenvalue weighted by molar-refractivity contribution is -0.114. The first-order chi connectivity index (χ1) is 9.78. The maximum Gasteiger partial charge on any atom is 0.410 e. The quantitative estimate of drug-likeness (QED) is 0.853. The van der Waals surface area contributed by atoms with Gasteiger partial charge in [-0.25, -0.2) is 4.79 Å². The van der Waals surface area contributed by atoms with Crippen LogP contribution in [-0.4, -0.2) is 34.3 Å². The SMILES string of the molecule is CC(C)(C)OC(=O)N1C[C@H](c2ccccc2)C[C@H]1C(=O)S. The van der Waals surface area contributed by atoms with Gasteiger partial charge in [-0.3, -0.25) is 9.69 Å². The molecule has 0 aliphatic carbocycles. The first-order valence-electron chi connectivity index (χ1n) is 7.05. The van der Waals surface area contributed by atoms with E-state index in [-0.39, 0.29) is 11.0 Å². The number of hydrogen-bond acceptors (Lipinski definition) is 3. The molecule has 1 heterocycles. The van der Waals surface area contributed by atoms with E-state index >= 15 is 0 Å². The van der Waals surface area contributed by atoms with Gasteiger partial charge in [-0.05, 0) is 32.8 Å². The molecule has 1 aliphatic heterocycles. The number of benzene rings is 1. The van der Waals surface area contributed by atoms with Crippen LogP contribution < -0.4 is 0 Å². The van der Waals surface area contributed by atoms with Crippen molar-refractivity contribution in [3.8, 4) is 0 Å². The number of amides is 1. The highest BCUT2D eigenvalue weighted by atomic mass is 32.1. The minimum atomic E-state index is -0.577. The fraction of sp³-hybridized carbons (Fsp3) is 0.500. The molecule has 0 radical (unpaired) electrons. The molecule has 0 bridgehead atoms. The summed E-state index contributed by atoms with van der Waals surface area (Å²) in [6.07, 6.45) is 0.138. The van der Waals surface area contributed by atoms with Gasteiger partial charge in [0, 0.05) is 12.5 Å². The van der Waals surface area contributed by atoms with Crippen molar-refractivity contribution in [2.45, 2.75) is 44.8 Å². The van der Waals surface area contributed by atoms with Gasteiger partial charge in [0.1, 0.15) is 11.6 Å². The lowest BCUT2D eigenvalue weighted by Gasteiger charge is -2.27. The molecular weight excluding hydrogens is 286 g/mol. The number of carbonyl (C=O) groups is 2. The van der Waals surface area contributed by atoms with Crippen LogP contribution in [0.1, 0.15) is 38.7 Å². The Labute approximate surface area is 130 Å². The van der Waals surface area contributed by atoms with Crippen LogP contribution in [0.15, 0.2) is 30.3 Å². The Morgan fingerprint density at radius 3 is 2.38 bits per heavy atom. The van der Waals surface area contributed by atoms with Gasteiger partial charge in [-0.1, -0.05) is 30.3 Å². The monoisotopic (exact) mass is 307 g/mol. The third-order valence-electron chi connectivity index (χ3n) is 3.49.